The summed E-state index contributed by atoms with van der Waals surface area (Å²) in [5.74, 6) is 0.0567. The van der Waals surface area contributed by atoms with Gasteiger partial charge in [0.1, 0.15) is 5.69 Å². The SMILES string of the molecule is CC(=O)N1CCCCC[C@@H]2N(C(=O)c3ccn[nH]3)[C@H](c3ccccc3)C[C@@]21C. The van der Waals surface area contributed by atoms with E-state index in [-0.39, 0.29) is 29.4 Å². The highest BCUT2D eigenvalue weighted by Crippen LogP contribution is 2.48. The molecule has 148 valence electrons. The molecular weight excluding hydrogens is 352 g/mol. The third-order valence-electron chi connectivity index (χ3n) is 6.50. The standard InChI is InChI=1S/C22H28N4O2/c1-16(27)25-14-8-4-7-11-20-22(25,2)15-19(17-9-5-3-6-10-17)26(20)21(28)18-12-13-23-24-18/h3,5-6,9-10,12-13,19-20H,4,7-8,11,14-15H2,1-2H3,(H,23,24)/t19-,20-,22-/m0/s1. The summed E-state index contributed by atoms with van der Waals surface area (Å²) in [5, 5.41) is 6.81. The van der Waals surface area contributed by atoms with E-state index in [1.807, 2.05) is 28.0 Å². The molecule has 0 unspecified atom stereocenters. The smallest absolute Gasteiger partial charge is 0.272 e. The number of aromatic amines is 1. The molecule has 2 fully saturated rings. The van der Waals surface area contributed by atoms with Gasteiger partial charge in [-0.1, -0.05) is 43.2 Å². The van der Waals surface area contributed by atoms with Crippen LogP contribution in [0, 0.1) is 0 Å². The Labute approximate surface area is 165 Å². The summed E-state index contributed by atoms with van der Waals surface area (Å²) in [6.45, 7) is 4.58. The zero-order valence-corrected chi connectivity index (χ0v) is 16.6. The predicted molar refractivity (Wildman–Crippen MR) is 107 cm³/mol. The Morgan fingerprint density at radius 1 is 1.14 bits per heavy atom. The van der Waals surface area contributed by atoms with Gasteiger partial charge in [0.15, 0.2) is 0 Å². The molecule has 3 heterocycles. The molecule has 0 spiro atoms. The number of rotatable bonds is 2. The average molecular weight is 380 g/mol. The summed E-state index contributed by atoms with van der Waals surface area (Å²) >= 11 is 0. The van der Waals surface area contributed by atoms with Gasteiger partial charge in [-0.25, -0.2) is 0 Å². The van der Waals surface area contributed by atoms with Crippen LogP contribution in [0.1, 0.15) is 68.0 Å². The molecule has 0 saturated carbocycles. The molecule has 6 nitrogen and oxygen atoms in total. The lowest BCUT2D eigenvalue weighted by atomic mass is 9.83. The van der Waals surface area contributed by atoms with E-state index in [0.29, 0.717) is 5.69 Å². The van der Waals surface area contributed by atoms with E-state index in [1.54, 1.807) is 19.2 Å². The van der Waals surface area contributed by atoms with Gasteiger partial charge in [-0.2, -0.15) is 5.10 Å². The molecule has 1 aromatic carbocycles. The molecule has 2 aromatic rings. The molecule has 2 aliphatic rings. The molecule has 2 amide bonds. The van der Waals surface area contributed by atoms with Crippen LogP contribution in [0.5, 0.6) is 0 Å². The van der Waals surface area contributed by atoms with E-state index in [4.69, 9.17) is 0 Å². The number of hydrogen-bond acceptors (Lipinski definition) is 3. The van der Waals surface area contributed by atoms with Crippen LogP contribution < -0.4 is 0 Å². The Bertz CT molecular complexity index is 835. The van der Waals surface area contributed by atoms with E-state index in [2.05, 4.69) is 29.3 Å². The molecule has 0 bridgehead atoms. The van der Waals surface area contributed by atoms with Crippen LogP contribution in [0.25, 0.3) is 0 Å². The van der Waals surface area contributed by atoms with Crippen LogP contribution in [0.4, 0.5) is 0 Å². The summed E-state index contributed by atoms with van der Waals surface area (Å²) in [6, 6.07) is 11.8. The number of likely N-dealkylation sites (tertiary alicyclic amines) is 2. The fourth-order valence-corrected chi connectivity index (χ4v) is 5.19. The van der Waals surface area contributed by atoms with Crippen LogP contribution in [0.15, 0.2) is 42.6 Å². The second-order valence-corrected chi connectivity index (χ2v) is 8.21. The minimum Gasteiger partial charge on any atom is -0.335 e. The quantitative estimate of drug-likeness (QED) is 0.866. The van der Waals surface area contributed by atoms with E-state index in [1.165, 1.54) is 0 Å². The third kappa shape index (κ3) is 3.11. The van der Waals surface area contributed by atoms with Gasteiger partial charge < -0.3 is 9.80 Å². The van der Waals surface area contributed by atoms with Crippen LogP contribution in [0.2, 0.25) is 0 Å². The first-order valence-corrected chi connectivity index (χ1v) is 10.2. The summed E-state index contributed by atoms with van der Waals surface area (Å²) in [5.41, 5.74) is 1.25. The Morgan fingerprint density at radius 3 is 2.61 bits per heavy atom. The number of fused-ring (bicyclic) bond motifs is 1. The minimum absolute atomic E-state index is 0.0160. The lowest BCUT2D eigenvalue weighted by Crippen LogP contribution is -2.58. The minimum atomic E-state index is -0.373. The first-order valence-electron chi connectivity index (χ1n) is 10.2. The van der Waals surface area contributed by atoms with Gasteiger partial charge in [0.25, 0.3) is 5.91 Å². The first kappa shape index (κ1) is 18.7. The highest BCUT2D eigenvalue weighted by atomic mass is 16.2. The number of H-pyrrole nitrogens is 1. The lowest BCUT2D eigenvalue weighted by molar-refractivity contribution is -0.136. The molecule has 2 saturated heterocycles. The number of hydrogen-bond donors (Lipinski definition) is 1. The Kier molecular flexibility index (Phi) is 4.96. The summed E-state index contributed by atoms with van der Waals surface area (Å²) in [7, 11) is 0. The molecule has 0 aliphatic carbocycles. The van der Waals surface area contributed by atoms with E-state index >= 15 is 0 Å². The van der Waals surface area contributed by atoms with Crippen molar-refractivity contribution in [1.82, 2.24) is 20.0 Å². The van der Waals surface area contributed by atoms with Crippen molar-refractivity contribution in [3.05, 3.63) is 53.9 Å². The number of aromatic nitrogens is 2. The molecule has 1 aromatic heterocycles. The highest BCUT2D eigenvalue weighted by Gasteiger charge is 2.55. The maximum Gasteiger partial charge on any atom is 0.272 e. The summed E-state index contributed by atoms with van der Waals surface area (Å²) in [4.78, 5) is 30.1. The van der Waals surface area contributed by atoms with Gasteiger partial charge in [0.2, 0.25) is 5.91 Å². The fraction of sp³-hybridized carbons (Fsp3) is 0.500. The molecule has 2 aliphatic heterocycles. The van der Waals surface area contributed by atoms with Crippen molar-refractivity contribution in [1.29, 1.82) is 0 Å². The molecular formula is C22H28N4O2. The summed E-state index contributed by atoms with van der Waals surface area (Å²) < 4.78 is 0. The zero-order chi connectivity index (χ0) is 19.7. The summed E-state index contributed by atoms with van der Waals surface area (Å²) in [6.07, 6.45) is 6.44. The van der Waals surface area contributed by atoms with Crippen molar-refractivity contribution >= 4 is 11.8 Å². The number of nitrogens with zero attached hydrogens (tertiary/aromatic N) is 3. The van der Waals surface area contributed by atoms with Gasteiger partial charge >= 0.3 is 0 Å². The zero-order valence-electron chi connectivity index (χ0n) is 16.6. The Morgan fingerprint density at radius 2 is 1.93 bits per heavy atom. The van der Waals surface area contributed by atoms with Crippen molar-refractivity contribution in [2.75, 3.05) is 6.54 Å². The van der Waals surface area contributed by atoms with Crippen molar-refractivity contribution in [2.45, 2.75) is 63.6 Å². The van der Waals surface area contributed by atoms with Crippen molar-refractivity contribution in [2.24, 2.45) is 0 Å². The molecule has 4 rings (SSSR count). The molecule has 6 heteroatoms. The number of carbonyl (C=O) groups is 2. The average Bonchev–Trinajstić information content (AvgIpc) is 3.30. The number of nitrogens with one attached hydrogen (secondary N) is 1. The van der Waals surface area contributed by atoms with Gasteiger partial charge in [-0.3, -0.25) is 14.7 Å². The van der Waals surface area contributed by atoms with E-state index in [9.17, 15) is 9.59 Å². The maximum absolute atomic E-state index is 13.5. The van der Waals surface area contributed by atoms with Gasteiger partial charge in [-0.05, 0) is 37.8 Å². The van der Waals surface area contributed by atoms with Gasteiger partial charge in [0, 0.05) is 19.7 Å². The fourth-order valence-electron chi connectivity index (χ4n) is 5.19. The van der Waals surface area contributed by atoms with Crippen LogP contribution in [-0.4, -0.2) is 49.9 Å². The topological polar surface area (TPSA) is 69.3 Å². The molecule has 1 N–H and O–H groups in total. The largest absolute Gasteiger partial charge is 0.335 e. The van der Waals surface area contributed by atoms with Gasteiger partial charge in [-0.15, -0.1) is 0 Å². The molecule has 3 atom stereocenters. The predicted octanol–water partition coefficient (Wildman–Crippen LogP) is 3.55. The Balaban J connectivity index is 1.81. The second-order valence-electron chi connectivity index (χ2n) is 8.21. The number of carbonyl (C=O) groups excluding carboxylic acids is 2. The monoisotopic (exact) mass is 380 g/mol. The van der Waals surface area contributed by atoms with Crippen molar-refractivity contribution in [3.63, 3.8) is 0 Å². The van der Waals surface area contributed by atoms with Crippen molar-refractivity contribution < 1.29 is 9.59 Å². The number of amides is 2. The molecule has 28 heavy (non-hydrogen) atoms. The normalized spacial score (nSPS) is 27.8. The molecule has 0 radical (unpaired) electrons. The van der Waals surface area contributed by atoms with Crippen LogP contribution in [0.3, 0.4) is 0 Å². The third-order valence-corrected chi connectivity index (χ3v) is 6.50. The van der Waals surface area contributed by atoms with E-state index in [0.717, 1.165) is 44.2 Å². The van der Waals surface area contributed by atoms with Crippen molar-refractivity contribution in [3.8, 4) is 0 Å². The maximum atomic E-state index is 13.5. The Hall–Kier alpha value is -2.63. The van der Waals surface area contributed by atoms with E-state index < -0.39 is 0 Å². The van der Waals surface area contributed by atoms with Gasteiger partial charge in [0.05, 0.1) is 17.6 Å². The highest BCUT2D eigenvalue weighted by molar-refractivity contribution is 5.93. The first-order chi connectivity index (χ1) is 13.5. The second kappa shape index (κ2) is 7.41. The van der Waals surface area contributed by atoms with Crippen LogP contribution in [-0.2, 0) is 4.79 Å². The number of benzene rings is 1. The van der Waals surface area contributed by atoms with Crippen LogP contribution >= 0.6 is 0 Å². The lowest BCUT2D eigenvalue weighted by Gasteiger charge is -2.45.